The fourth-order valence-electron chi connectivity index (χ4n) is 9.28. The average molecular weight is 775 g/mol. The van der Waals surface area contributed by atoms with Gasteiger partial charge in [0.25, 0.3) is 0 Å². The number of fused-ring (bicyclic) bond motifs is 3. The van der Waals surface area contributed by atoms with Gasteiger partial charge >= 0.3 is 0 Å². The molecule has 0 fully saturated rings. The molecule has 9 aromatic carbocycles. The summed E-state index contributed by atoms with van der Waals surface area (Å²) in [4.78, 5) is 4.71. The van der Waals surface area contributed by atoms with Crippen molar-refractivity contribution in [2.45, 2.75) is 51.4 Å². The van der Waals surface area contributed by atoms with Crippen molar-refractivity contribution in [1.82, 2.24) is 0 Å². The van der Waals surface area contributed by atoms with Crippen LogP contribution in [0.5, 0.6) is 0 Å². The number of rotatable bonds is 8. The minimum absolute atomic E-state index is 0.169. The highest BCUT2D eigenvalue weighted by molar-refractivity contribution is 5.91. The van der Waals surface area contributed by atoms with Gasteiger partial charge < -0.3 is 9.80 Å². The normalized spacial score (nSPS) is 14.1. The number of nitrogens with zero attached hydrogens (tertiary/aromatic N) is 2. The van der Waals surface area contributed by atoms with Crippen molar-refractivity contribution in [3.05, 3.63) is 217 Å². The van der Waals surface area contributed by atoms with Gasteiger partial charge in [0.1, 0.15) is 0 Å². The highest BCUT2D eigenvalue weighted by Gasteiger charge is 2.37. The van der Waals surface area contributed by atoms with E-state index < -0.39 is 0 Å². The third-order valence-corrected chi connectivity index (χ3v) is 12.9. The maximum atomic E-state index is 2.46. The van der Waals surface area contributed by atoms with Crippen LogP contribution in [0.1, 0.15) is 51.7 Å². The van der Waals surface area contributed by atoms with Crippen LogP contribution in [0.25, 0.3) is 43.8 Å². The first-order valence-electron chi connectivity index (χ1n) is 21.3. The zero-order valence-corrected chi connectivity index (χ0v) is 34.9. The van der Waals surface area contributed by atoms with Crippen LogP contribution in [0.15, 0.2) is 206 Å². The van der Waals surface area contributed by atoms with E-state index in [0.717, 1.165) is 34.1 Å². The fraction of sp³-hybridized carbons (Fsp3) is 0.138. The summed E-state index contributed by atoms with van der Waals surface area (Å²) in [6.07, 6.45) is 2.43. The molecule has 2 heteroatoms. The zero-order valence-electron chi connectivity index (χ0n) is 34.9. The van der Waals surface area contributed by atoms with Crippen molar-refractivity contribution >= 4 is 55.7 Å². The van der Waals surface area contributed by atoms with Gasteiger partial charge in [-0.3, -0.25) is 0 Å². The number of para-hydroxylation sites is 1. The summed E-state index contributed by atoms with van der Waals surface area (Å²) < 4.78 is 0. The minimum atomic E-state index is 0.169. The van der Waals surface area contributed by atoms with Crippen LogP contribution in [0.4, 0.5) is 34.1 Å². The van der Waals surface area contributed by atoms with E-state index in [1.165, 1.54) is 67.8 Å². The van der Waals surface area contributed by atoms with Gasteiger partial charge in [-0.1, -0.05) is 161 Å². The van der Waals surface area contributed by atoms with E-state index in [2.05, 4.69) is 244 Å². The number of benzene rings is 9. The van der Waals surface area contributed by atoms with Crippen molar-refractivity contribution < 1.29 is 0 Å². The van der Waals surface area contributed by atoms with Gasteiger partial charge in [-0.25, -0.2) is 0 Å². The van der Waals surface area contributed by atoms with Gasteiger partial charge in [0.05, 0.1) is 0 Å². The Balaban J connectivity index is 0.978. The van der Waals surface area contributed by atoms with E-state index in [9.17, 15) is 0 Å². The maximum absolute atomic E-state index is 2.46. The van der Waals surface area contributed by atoms with Crippen LogP contribution in [-0.2, 0) is 10.8 Å². The first-order valence-corrected chi connectivity index (χ1v) is 21.3. The summed E-state index contributed by atoms with van der Waals surface area (Å²) >= 11 is 0. The quantitative estimate of drug-likeness (QED) is 0.152. The van der Waals surface area contributed by atoms with Crippen LogP contribution in [-0.4, -0.2) is 0 Å². The molecule has 1 aliphatic rings. The van der Waals surface area contributed by atoms with Crippen LogP contribution in [0, 0.1) is 0 Å². The molecule has 1 aliphatic carbocycles. The highest BCUT2D eigenvalue weighted by atomic mass is 15.1. The fourth-order valence-corrected chi connectivity index (χ4v) is 9.28. The lowest BCUT2D eigenvalue weighted by Crippen LogP contribution is -2.33. The Hall–Kier alpha value is -6.90. The van der Waals surface area contributed by atoms with Gasteiger partial charge in [0.2, 0.25) is 0 Å². The van der Waals surface area contributed by atoms with E-state index in [1.54, 1.807) is 0 Å². The smallest absolute Gasteiger partial charge is 0.0468 e. The van der Waals surface area contributed by atoms with E-state index >= 15 is 0 Å². The monoisotopic (exact) mass is 774 g/mol. The molecule has 60 heavy (non-hydrogen) atoms. The van der Waals surface area contributed by atoms with Crippen molar-refractivity contribution in [3.63, 3.8) is 0 Å². The Morgan fingerprint density at radius 2 is 0.633 bits per heavy atom. The first kappa shape index (κ1) is 37.4. The number of anilines is 6. The van der Waals surface area contributed by atoms with Crippen LogP contribution < -0.4 is 9.80 Å². The summed E-state index contributed by atoms with van der Waals surface area (Å²) in [5, 5.41) is 4.92. The summed E-state index contributed by atoms with van der Waals surface area (Å²) in [6.45, 7) is 9.60. The predicted molar refractivity (Wildman–Crippen MR) is 257 cm³/mol. The van der Waals surface area contributed by atoms with Crippen LogP contribution >= 0.6 is 0 Å². The van der Waals surface area contributed by atoms with E-state index in [1.807, 2.05) is 0 Å². The second kappa shape index (κ2) is 15.0. The van der Waals surface area contributed by atoms with Gasteiger partial charge in [-0.2, -0.15) is 0 Å². The Morgan fingerprint density at radius 1 is 0.283 bits per heavy atom. The predicted octanol–water partition coefficient (Wildman–Crippen LogP) is 16.6. The Morgan fingerprint density at radius 3 is 1.10 bits per heavy atom. The van der Waals surface area contributed by atoms with Crippen molar-refractivity contribution in [3.8, 4) is 22.3 Å². The van der Waals surface area contributed by atoms with E-state index in [-0.39, 0.29) is 10.8 Å². The molecule has 0 aliphatic heterocycles. The SMILES string of the molecule is CC1(C)CCC(C)(C)c2cc(-c3ccc(N(c4ccc(-c5ccc(N(c6ccccc6)c6ccc7ccccc7c6)cc5)cc4)c4ccc5ccccc5c4)cc3)ccc21. The van der Waals surface area contributed by atoms with Gasteiger partial charge in [0.15, 0.2) is 0 Å². The lowest BCUT2D eigenvalue weighted by Gasteiger charge is -2.42. The van der Waals surface area contributed by atoms with E-state index in [0.29, 0.717) is 0 Å². The molecule has 2 nitrogen and oxygen atoms in total. The standard InChI is InChI=1S/C58H50N2/c1-57(2)36-37-58(3,4)56-40-48(26-35-55(56)57)45-22-31-52(32-23-45)60(54-34-25-42-13-9-11-15-47(42)39-54)51-29-20-44(21-30-51)43-18-27-50(28-19-43)59(49-16-6-5-7-17-49)53-33-24-41-12-8-10-14-46(41)38-53/h5-35,38-40H,36-37H2,1-4H3. The number of hydrogen-bond acceptors (Lipinski definition) is 2. The summed E-state index contributed by atoms with van der Waals surface area (Å²) in [7, 11) is 0. The van der Waals surface area contributed by atoms with Gasteiger partial charge in [0, 0.05) is 34.1 Å². The topological polar surface area (TPSA) is 6.48 Å². The van der Waals surface area contributed by atoms with Crippen LogP contribution in [0.2, 0.25) is 0 Å². The minimum Gasteiger partial charge on any atom is -0.310 e. The molecular formula is C58H50N2. The Kier molecular flexibility index (Phi) is 9.37. The molecule has 0 saturated heterocycles. The molecule has 0 atom stereocenters. The molecule has 9 aromatic rings. The molecule has 10 rings (SSSR count). The highest BCUT2D eigenvalue weighted by Crippen LogP contribution is 2.47. The molecule has 292 valence electrons. The lowest BCUT2D eigenvalue weighted by molar-refractivity contribution is 0.332. The lowest BCUT2D eigenvalue weighted by atomic mass is 9.63. The first-order chi connectivity index (χ1) is 29.2. The van der Waals surface area contributed by atoms with Crippen molar-refractivity contribution in [1.29, 1.82) is 0 Å². The van der Waals surface area contributed by atoms with Crippen molar-refractivity contribution in [2.24, 2.45) is 0 Å². The van der Waals surface area contributed by atoms with Crippen LogP contribution in [0.3, 0.4) is 0 Å². The summed E-state index contributed by atoms with van der Waals surface area (Å²) in [5.74, 6) is 0. The molecular weight excluding hydrogens is 725 g/mol. The summed E-state index contributed by atoms with van der Waals surface area (Å²) in [5.41, 5.74) is 15.0. The average Bonchev–Trinajstić information content (AvgIpc) is 3.29. The maximum Gasteiger partial charge on any atom is 0.0468 e. The molecule has 0 unspecified atom stereocenters. The molecule has 0 bridgehead atoms. The van der Waals surface area contributed by atoms with E-state index in [4.69, 9.17) is 0 Å². The van der Waals surface area contributed by atoms with Crippen molar-refractivity contribution in [2.75, 3.05) is 9.80 Å². The largest absolute Gasteiger partial charge is 0.310 e. The zero-order chi connectivity index (χ0) is 40.8. The third-order valence-electron chi connectivity index (χ3n) is 12.9. The molecule has 0 radical (unpaired) electrons. The Labute approximate surface area is 355 Å². The van der Waals surface area contributed by atoms with Gasteiger partial charge in [-0.05, 0) is 151 Å². The number of hydrogen-bond donors (Lipinski definition) is 0. The second-order valence-electron chi connectivity index (χ2n) is 17.7. The molecule has 0 saturated carbocycles. The second-order valence-corrected chi connectivity index (χ2v) is 17.7. The third kappa shape index (κ3) is 7.03. The summed E-state index contributed by atoms with van der Waals surface area (Å²) in [6, 6.07) is 75.5. The molecule has 0 amide bonds. The molecule has 0 aromatic heterocycles. The molecule has 0 heterocycles. The van der Waals surface area contributed by atoms with Gasteiger partial charge in [-0.15, -0.1) is 0 Å². The molecule has 0 spiro atoms. The molecule has 0 N–H and O–H groups in total. The Bertz CT molecular complexity index is 2960.